The van der Waals surface area contributed by atoms with Crippen LogP contribution in [-0.2, 0) is 0 Å². The van der Waals surface area contributed by atoms with E-state index in [-0.39, 0.29) is 11.5 Å². The second-order valence-electron chi connectivity index (χ2n) is 5.26. The van der Waals surface area contributed by atoms with E-state index in [9.17, 15) is 14.0 Å². The first-order chi connectivity index (χ1) is 12.1. The van der Waals surface area contributed by atoms with Gasteiger partial charge in [-0.25, -0.2) is 4.39 Å². The van der Waals surface area contributed by atoms with Gasteiger partial charge in [-0.1, -0.05) is 18.2 Å². The zero-order valence-electron chi connectivity index (χ0n) is 13.4. The molecule has 1 heterocycles. The van der Waals surface area contributed by atoms with Gasteiger partial charge in [0, 0.05) is 12.3 Å². The van der Waals surface area contributed by atoms with Crippen LogP contribution in [0.25, 0.3) is 5.69 Å². The van der Waals surface area contributed by atoms with Crippen LogP contribution in [0.3, 0.4) is 0 Å². The van der Waals surface area contributed by atoms with Crippen LogP contribution in [0.1, 0.15) is 10.4 Å². The summed E-state index contributed by atoms with van der Waals surface area (Å²) < 4.78 is 19.8. The summed E-state index contributed by atoms with van der Waals surface area (Å²) >= 11 is 0. The van der Waals surface area contributed by atoms with Crippen molar-refractivity contribution in [3.63, 3.8) is 0 Å². The minimum absolute atomic E-state index is 0.333. The molecule has 6 heteroatoms. The molecule has 0 saturated carbocycles. The molecule has 0 radical (unpaired) electrons. The summed E-state index contributed by atoms with van der Waals surface area (Å²) in [5, 5.41) is 2.71. The van der Waals surface area contributed by atoms with Crippen molar-refractivity contribution < 1.29 is 13.9 Å². The van der Waals surface area contributed by atoms with Gasteiger partial charge in [-0.2, -0.15) is 0 Å². The molecule has 0 bridgehead atoms. The van der Waals surface area contributed by atoms with Gasteiger partial charge in [-0.05, 0) is 36.4 Å². The summed E-state index contributed by atoms with van der Waals surface area (Å²) in [6.45, 7) is 0. The van der Waals surface area contributed by atoms with Crippen LogP contribution in [-0.4, -0.2) is 17.6 Å². The number of rotatable bonds is 4. The van der Waals surface area contributed by atoms with Crippen molar-refractivity contribution in [2.45, 2.75) is 0 Å². The molecule has 0 aliphatic heterocycles. The van der Waals surface area contributed by atoms with Crippen molar-refractivity contribution >= 4 is 11.6 Å². The number of methoxy groups -OCH3 is 1. The number of pyridine rings is 1. The summed E-state index contributed by atoms with van der Waals surface area (Å²) in [5.41, 5.74) is 0.813. The molecule has 25 heavy (non-hydrogen) atoms. The van der Waals surface area contributed by atoms with E-state index in [4.69, 9.17) is 4.74 Å². The third-order valence-electron chi connectivity index (χ3n) is 3.61. The van der Waals surface area contributed by atoms with E-state index in [1.165, 1.54) is 48.2 Å². The third kappa shape index (κ3) is 3.58. The average molecular weight is 338 g/mol. The van der Waals surface area contributed by atoms with Crippen molar-refractivity contribution in [1.29, 1.82) is 0 Å². The lowest BCUT2D eigenvalue weighted by Crippen LogP contribution is -2.19. The van der Waals surface area contributed by atoms with E-state index in [0.717, 1.165) is 0 Å². The molecular weight excluding hydrogens is 323 g/mol. The molecule has 0 saturated heterocycles. The van der Waals surface area contributed by atoms with Crippen molar-refractivity contribution in [2.24, 2.45) is 0 Å². The lowest BCUT2D eigenvalue weighted by molar-refractivity contribution is 0.102. The molecule has 2 aromatic carbocycles. The molecule has 0 unspecified atom stereocenters. The molecule has 0 fully saturated rings. The number of hydrogen-bond acceptors (Lipinski definition) is 3. The second-order valence-corrected chi connectivity index (χ2v) is 5.26. The van der Waals surface area contributed by atoms with Gasteiger partial charge in [-0.15, -0.1) is 0 Å². The highest BCUT2D eigenvalue weighted by Gasteiger charge is 2.12. The van der Waals surface area contributed by atoms with Crippen LogP contribution in [0.5, 0.6) is 5.75 Å². The molecular formula is C19H15FN2O3. The van der Waals surface area contributed by atoms with Crippen molar-refractivity contribution in [2.75, 3.05) is 12.4 Å². The van der Waals surface area contributed by atoms with Gasteiger partial charge in [0.25, 0.3) is 11.5 Å². The van der Waals surface area contributed by atoms with Crippen LogP contribution in [0.2, 0.25) is 0 Å². The number of aromatic nitrogens is 1. The Balaban J connectivity index is 1.93. The highest BCUT2D eigenvalue weighted by molar-refractivity contribution is 6.06. The Labute approximate surface area is 143 Å². The number of ether oxygens (including phenoxy) is 1. The summed E-state index contributed by atoms with van der Waals surface area (Å²) in [7, 11) is 1.48. The number of benzene rings is 2. The quantitative estimate of drug-likeness (QED) is 0.794. The van der Waals surface area contributed by atoms with Gasteiger partial charge in [-0.3, -0.25) is 14.2 Å². The number of nitrogens with one attached hydrogen (secondary N) is 1. The maximum atomic E-state index is 13.4. The first-order valence-electron chi connectivity index (χ1n) is 7.51. The number of hydrogen-bond donors (Lipinski definition) is 1. The molecule has 126 valence electrons. The predicted octanol–water partition coefficient (Wildman–Crippen LogP) is 3.24. The fourth-order valence-corrected chi connectivity index (χ4v) is 2.42. The molecule has 3 aromatic rings. The Morgan fingerprint density at radius 1 is 1.08 bits per heavy atom. The maximum Gasteiger partial charge on any atom is 0.259 e. The largest absolute Gasteiger partial charge is 0.496 e. The number of carbonyl (C=O) groups excluding carboxylic acids is 1. The summed E-state index contributed by atoms with van der Waals surface area (Å²) in [6.07, 6.45) is 1.45. The molecule has 1 amide bonds. The van der Waals surface area contributed by atoms with E-state index in [1.807, 2.05) is 0 Å². The van der Waals surface area contributed by atoms with Gasteiger partial charge < -0.3 is 10.1 Å². The first-order valence-corrected chi connectivity index (χ1v) is 7.51. The third-order valence-corrected chi connectivity index (χ3v) is 3.61. The number of halogens is 1. The van der Waals surface area contributed by atoms with Crippen molar-refractivity contribution in [3.8, 4) is 11.4 Å². The summed E-state index contributed by atoms with van der Waals surface area (Å²) in [4.78, 5) is 24.5. The summed E-state index contributed by atoms with van der Waals surface area (Å²) in [5.74, 6) is -0.381. The number of nitrogens with zero attached hydrogens (tertiary/aromatic N) is 1. The van der Waals surface area contributed by atoms with Crippen LogP contribution in [0.4, 0.5) is 10.1 Å². The Morgan fingerprint density at radius 3 is 2.64 bits per heavy atom. The lowest BCUT2D eigenvalue weighted by atomic mass is 10.2. The normalized spacial score (nSPS) is 10.3. The van der Waals surface area contributed by atoms with Gasteiger partial charge >= 0.3 is 0 Å². The molecule has 1 N–H and O–H groups in total. The molecule has 0 aliphatic carbocycles. The van der Waals surface area contributed by atoms with Gasteiger partial charge in [0.05, 0.1) is 24.0 Å². The standard InChI is InChI=1S/C19H15FN2O3/c1-25-17-8-3-2-7-16(17)19(24)21-14-9-10-18(23)22(12-14)15-6-4-5-13(20)11-15/h2-12H,1H3,(H,21,24). The van der Waals surface area contributed by atoms with Crippen LogP contribution >= 0.6 is 0 Å². The predicted molar refractivity (Wildman–Crippen MR) is 92.9 cm³/mol. The molecule has 0 atom stereocenters. The highest BCUT2D eigenvalue weighted by Crippen LogP contribution is 2.19. The van der Waals surface area contributed by atoms with Gasteiger partial charge in [0.15, 0.2) is 0 Å². The van der Waals surface area contributed by atoms with E-state index >= 15 is 0 Å². The highest BCUT2D eigenvalue weighted by atomic mass is 19.1. The van der Waals surface area contributed by atoms with E-state index < -0.39 is 5.82 Å². The molecule has 1 aromatic heterocycles. The van der Waals surface area contributed by atoms with E-state index in [1.54, 1.807) is 30.3 Å². The number of anilines is 1. The van der Waals surface area contributed by atoms with Crippen molar-refractivity contribution in [1.82, 2.24) is 4.57 Å². The molecule has 3 rings (SSSR count). The Hall–Kier alpha value is -3.41. The molecule has 5 nitrogen and oxygen atoms in total. The smallest absolute Gasteiger partial charge is 0.259 e. The number of para-hydroxylation sites is 1. The van der Waals surface area contributed by atoms with E-state index in [0.29, 0.717) is 22.7 Å². The number of carbonyl (C=O) groups is 1. The van der Waals surface area contributed by atoms with E-state index in [2.05, 4.69) is 5.32 Å². The Bertz CT molecular complexity index is 982. The average Bonchev–Trinajstić information content (AvgIpc) is 2.63. The molecule has 0 aliphatic rings. The van der Waals surface area contributed by atoms with Gasteiger partial charge in [0.2, 0.25) is 0 Å². The van der Waals surface area contributed by atoms with Crippen molar-refractivity contribution in [3.05, 3.63) is 88.6 Å². The zero-order valence-corrected chi connectivity index (χ0v) is 13.4. The fraction of sp³-hybridized carbons (Fsp3) is 0.0526. The number of amides is 1. The maximum absolute atomic E-state index is 13.4. The van der Waals surface area contributed by atoms with Crippen LogP contribution < -0.4 is 15.6 Å². The Kier molecular flexibility index (Phi) is 4.61. The second kappa shape index (κ2) is 7.00. The topological polar surface area (TPSA) is 60.3 Å². The Morgan fingerprint density at radius 2 is 1.88 bits per heavy atom. The summed E-state index contributed by atoms with van der Waals surface area (Å²) in [6, 6.07) is 15.3. The monoisotopic (exact) mass is 338 g/mol. The van der Waals surface area contributed by atoms with Gasteiger partial charge in [0.1, 0.15) is 11.6 Å². The minimum atomic E-state index is -0.451. The lowest BCUT2D eigenvalue weighted by Gasteiger charge is -2.11. The SMILES string of the molecule is COc1ccccc1C(=O)Nc1ccc(=O)n(-c2cccc(F)c2)c1. The first kappa shape index (κ1) is 16.4. The zero-order chi connectivity index (χ0) is 17.8. The molecule has 0 spiro atoms. The minimum Gasteiger partial charge on any atom is -0.496 e. The van der Waals surface area contributed by atoms with Crippen LogP contribution in [0.15, 0.2) is 71.7 Å². The van der Waals surface area contributed by atoms with Crippen LogP contribution in [0, 0.1) is 5.82 Å². The fourth-order valence-electron chi connectivity index (χ4n) is 2.42.